The highest BCUT2D eigenvalue weighted by atomic mass is 15.3. The van der Waals surface area contributed by atoms with Gasteiger partial charge in [0.05, 0.1) is 0 Å². The Hall–Kier alpha value is -2.30. The summed E-state index contributed by atoms with van der Waals surface area (Å²) in [5, 5.41) is 0. The van der Waals surface area contributed by atoms with Crippen molar-refractivity contribution in [2.45, 2.75) is 13.8 Å². The van der Waals surface area contributed by atoms with E-state index in [1.54, 1.807) is 12.4 Å². The molecule has 5 heteroatoms. The van der Waals surface area contributed by atoms with Crippen molar-refractivity contribution in [3.63, 3.8) is 0 Å². The van der Waals surface area contributed by atoms with Gasteiger partial charge < -0.3 is 14.7 Å². The van der Waals surface area contributed by atoms with Crippen molar-refractivity contribution in [3.05, 3.63) is 41.7 Å². The molecule has 23 heavy (non-hydrogen) atoms. The number of anilines is 3. The highest BCUT2D eigenvalue weighted by Crippen LogP contribution is 2.26. The van der Waals surface area contributed by atoms with E-state index in [2.05, 4.69) is 51.8 Å². The monoisotopic (exact) mass is 311 g/mol. The predicted octanol–water partition coefficient (Wildman–Crippen LogP) is 2.49. The number of aromatic nitrogens is 2. The van der Waals surface area contributed by atoms with E-state index >= 15 is 0 Å². The highest BCUT2D eigenvalue weighted by molar-refractivity contribution is 5.62. The third-order valence-electron chi connectivity index (χ3n) is 4.23. The van der Waals surface area contributed by atoms with E-state index in [1.165, 1.54) is 16.8 Å². The van der Waals surface area contributed by atoms with Crippen molar-refractivity contribution >= 4 is 17.3 Å². The van der Waals surface area contributed by atoms with Gasteiger partial charge in [0.25, 0.3) is 0 Å². The Labute approximate surface area is 138 Å². The maximum absolute atomic E-state index is 4.55. The van der Waals surface area contributed by atoms with Gasteiger partial charge in [-0.05, 0) is 37.1 Å². The van der Waals surface area contributed by atoms with Gasteiger partial charge in [0.2, 0.25) is 0 Å². The van der Waals surface area contributed by atoms with E-state index in [9.17, 15) is 0 Å². The molecule has 0 radical (unpaired) electrons. The molecule has 1 aromatic carbocycles. The molecule has 1 aliphatic rings. The molecule has 0 unspecified atom stereocenters. The number of nitrogens with zero attached hydrogens (tertiary/aromatic N) is 5. The van der Waals surface area contributed by atoms with Crippen molar-refractivity contribution in [1.82, 2.24) is 9.97 Å². The van der Waals surface area contributed by atoms with Crippen LogP contribution >= 0.6 is 0 Å². The molecule has 1 saturated heterocycles. The molecule has 0 bridgehead atoms. The summed E-state index contributed by atoms with van der Waals surface area (Å²) in [4.78, 5) is 15.8. The van der Waals surface area contributed by atoms with E-state index in [0.717, 1.165) is 37.8 Å². The van der Waals surface area contributed by atoms with Crippen LogP contribution in [0.3, 0.4) is 0 Å². The van der Waals surface area contributed by atoms with Crippen molar-refractivity contribution in [2.24, 2.45) is 0 Å². The third-order valence-corrected chi connectivity index (χ3v) is 4.23. The van der Waals surface area contributed by atoms with Gasteiger partial charge in [0.1, 0.15) is 0 Å². The number of hydrogen-bond donors (Lipinski definition) is 0. The van der Waals surface area contributed by atoms with Gasteiger partial charge in [0.15, 0.2) is 11.6 Å². The number of aryl methyl sites for hydroxylation is 2. The lowest BCUT2D eigenvalue weighted by Crippen LogP contribution is -2.47. The quantitative estimate of drug-likeness (QED) is 0.870. The molecule has 0 amide bonds. The molecule has 0 spiro atoms. The topological polar surface area (TPSA) is 35.5 Å². The first-order valence-electron chi connectivity index (χ1n) is 8.11. The van der Waals surface area contributed by atoms with Crippen molar-refractivity contribution in [3.8, 4) is 0 Å². The molecular weight excluding hydrogens is 286 g/mol. The second-order valence-electron chi connectivity index (χ2n) is 6.42. The lowest BCUT2D eigenvalue weighted by Gasteiger charge is -2.37. The Balaban J connectivity index is 1.74. The van der Waals surface area contributed by atoms with Gasteiger partial charge in [-0.25, -0.2) is 9.97 Å². The minimum Gasteiger partial charge on any atom is -0.368 e. The van der Waals surface area contributed by atoms with Crippen molar-refractivity contribution in [1.29, 1.82) is 0 Å². The van der Waals surface area contributed by atoms with Crippen molar-refractivity contribution < 1.29 is 0 Å². The molecule has 0 N–H and O–H groups in total. The van der Waals surface area contributed by atoms with Crippen LogP contribution in [0.2, 0.25) is 0 Å². The zero-order valence-electron chi connectivity index (χ0n) is 14.5. The van der Waals surface area contributed by atoms with Crippen LogP contribution in [0, 0.1) is 13.8 Å². The van der Waals surface area contributed by atoms with Gasteiger partial charge >= 0.3 is 0 Å². The van der Waals surface area contributed by atoms with Gasteiger partial charge in [-0.3, -0.25) is 0 Å². The summed E-state index contributed by atoms with van der Waals surface area (Å²) in [7, 11) is 4.03. The second kappa shape index (κ2) is 6.44. The smallest absolute Gasteiger partial charge is 0.172 e. The first-order chi connectivity index (χ1) is 11.0. The fourth-order valence-electron chi connectivity index (χ4n) is 3.17. The molecule has 1 aliphatic heterocycles. The minimum absolute atomic E-state index is 0.937. The Morgan fingerprint density at radius 2 is 1.39 bits per heavy atom. The predicted molar refractivity (Wildman–Crippen MR) is 96.7 cm³/mol. The van der Waals surface area contributed by atoms with Crippen LogP contribution in [-0.2, 0) is 0 Å². The molecule has 5 nitrogen and oxygen atoms in total. The molecule has 1 aromatic heterocycles. The summed E-state index contributed by atoms with van der Waals surface area (Å²) in [6, 6.07) is 6.77. The van der Waals surface area contributed by atoms with E-state index in [4.69, 9.17) is 0 Å². The third kappa shape index (κ3) is 3.38. The average molecular weight is 311 g/mol. The summed E-state index contributed by atoms with van der Waals surface area (Å²) in [5.74, 6) is 1.92. The maximum atomic E-state index is 4.55. The summed E-state index contributed by atoms with van der Waals surface area (Å²) in [6.45, 7) is 8.27. The zero-order chi connectivity index (χ0) is 16.4. The van der Waals surface area contributed by atoms with Gasteiger partial charge in [0, 0.05) is 58.4 Å². The lowest BCUT2D eigenvalue weighted by molar-refractivity contribution is 0.645. The summed E-state index contributed by atoms with van der Waals surface area (Å²) >= 11 is 0. The SMILES string of the molecule is Cc1cc(C)cc(N2CCN(c3nccnc3N(C)C)CC2)c1. The molecule has 1 fully saturated rings. The van der Waals surface area contributed by atoms with Crippen LogP contribution in [0.1, 0.15) is 11.1 Å². The van der Waals surface area contributed by atoms with E-state index in [0.29, 0.717) is 0 Å². The fraction of sp³-hybridized carbons (Fsp3) is 0.444. The maximum Gasteiger partial charge on any atom is 0.172 e. The zero-order valence-corrected chi connectivity index (χ0v) is 14.5. The second-order valence-corrected chi connectivity index (χ2v) is 6.42. The van der Waals surface area contributed by atoms with E-state index in [-0.39, 0.29) is 0 Å². The van der Waals surface area contributed by atoms with E-state index in [1.807, 2.05) is 19.0 Å². The molecule has 2 heterocycles. The Kier molecular flexibility index (Phi) is 4.37. The van der Waals surface area contributed by atoms with Crippen LogP contribution in [0.25, 0.3) is 0 Å². The number of rotatable bonds is 3. The first kappa shape index (κ1) is 15.6. The van der Waals surface area contributed by atoms with Crippen LogP contribution < -0.4 is 14.7 Å². The minimum atomic E-state index is 0.937. The normalized spacial score (nSPS) is 15.0. The molecular formula is C18H25N5. The Morgan fingerprint density at radius 3 is 2.00 bits per heavy atom. The lowest BCUT2D eigenvalue weighted by atomic mass is 10.1. The summed E-state index contributed by atoms with van der Waals surface area (Å²) in [5.41, 5.74) is 3.98. The molecule has 3 rings (SSSR count). The summed E-state index contributed by atoms with van der Waals surface area (Å²) in [6.07, 6.45) is 3.53. The Bertz CT molecular complexity index is 655. The molecule has 0 aliphatic carbocycles. The first-order valence-corrected chi connectivity index (χ1v) is 8.11. The van der Waals surface area contributed by atoms with Gasteiger partial charge in [-0.15, -0.1) is 0 Å². The van der Waals surface area contributed by atoms with Gasteiger partial charge in [-0.2, -0.15) is 0 Å². The molecule has 0 atom stereocenters. The molecule has 0 saturated carbocycles. The number of hydrogen-bond acceptors (Lipinski definition) is 5. The van der Waals surface area contributed by atoms with Crippen molar-refractivity contribution in [2.75, 3.05) is 55.0 Å². The Morgan fingerprint density at radius 1 is 0.826 bits per heavy atom. The van der Waals surface area contributed by atoms with Crippen LogP contribution in [0.4, 0.5) is 17.3 Å². The van der Waals surface area contributed by atoms with Gasteiger partial charge in [-0.1, -0.05) is 6.07 Å². The van der Waals surface area contributed by atoms with Crippen LogP contribution in [-0.4, -0.2) is 50.2 Å². The summed E-state index contributed by atoms with van der Waals surface area (Å²) < 4.78 is 0. The highest BCUT2D eigenvalue weighted by Gasteiger charge is 2.21. The van der Waals surface area contributed by atoms with Crippen LogP contribution in [0.15, 0.2) is 30.6 Å². The molecule has 2 aromatic rings. The standard InChI is InChI=1S/C18H25N5/c1-14-11-15(2)13-16(12-14)22-7-9-23(10-8-22)18-17(21(3)4)19-5-6-20-18/h5-6,11-13H,7-10H2,1-4H3. The average Bonchev–Trinajstić information content (AvgIpc) is 2.54. The number of piperazine rings is 1. The number of benzene rings is 1. The fourth-order valence-corrected chi connectivity index (χ4v) is 3.17. The largest absolute Gasteiger partial charge is 0.368 e. The van der Waals surface area contributed by atoms with E-state index < -0.39 is 0 Å². The van der Waals surface area contributed by atoms with Crippen LogP contribution in [0.5, 0.6) is 0 Å². The molecule has 122 valence electrons.